The summed E-state index contributed by atoms with van der Waals surface area (Å²) in [7, 11) is 0. The first kappa shape index (κ1) is 15.6. The highest BCUT2D eigenvalue weighted by atomic mass is 79.9. The van der Waals surface area contributed by atoms with Crippen LogP contribution >= 0.6 is 15.9 Å². The van der Waals surface area contributed by atoms with Crippen LogP contribution in [-0.2, 0) is 0 Å². The van der Waals surface area contributed by atoms with E-state index in [1.807, 2.05) is 31.2 Å². The number of aromatic nitrogens is 2. The van der Waals surface area contributed by atoms with Gasteiger partial charge in [-0.2, -0.15) is 0 Å². The van der Waals surface area contributed by atoms with Crippen LogP contribution < -0.4 is 5.32 Å². The van der Waals surface area contributed by atoms with E-state index in [4.69, 9.17) is 0 Å². The first-order chi connectivity index (χ1) is 11.1. The fourth-order valence-electron chi connectivity index (χ4n) is 2.39. The quantitative estimate of drug-likeness (QED) is 0.754. The fraction of sp³-hybridized carbons (Fsp3) is 0.118. The van der Waals surface area contributed by atoms with Crippen LogP contribution in [0.2, 0.25) is 0 Å². The van der Waals surface area contributed by atoms with Crippen molar-refractivity contribution in [2.24, 2.45) is 0 Å². The van der Waals surface area contributed by atoms with Crippen molar-refractivity contribution in [3.05, 3.63) is 70.2 Å². The molecule has 3 rings (SSSR count). The molecular weight excluding hydrogens is 361 g/mol. The lowest BCUT2D eigenvalue weighted by molar-refractivity contribution is 0.0941. The van der Waals surface area contributed by atoms with Crippen LogP contribution in [0.5, 0.6) is 0 Å². The molecule has 1 aromatic heterocycles. The molecule has 0 saturated carbocycles. The van der Waals surface area contributed by atoms with Gasteiger partial charge in [-0.05, 0) is 24.6 Å². The summed E-state index contributed by atoms with van der Waals surface area (Å²) < 4.78 is 14.6. The van der Waals surface area contributed by atoms with Crippen molar-refractivity contribution >= 4 is 32.9 Å². The number of carbonyl (C=O) groups is 1. The molecule has 0 aliphatic heterocycles. The molecule has 0 aliphatic carbocycles. The third-order valence-corrected chi connectivity index (χ3v) is 4.22. The lowest BCUT2D eigenvalue weighted by Gasteiger charge is -2.16. The van der Waals surface area contributed by atoms with Crippen molar-refractivity contribution in [1.82, 2.24) is 15.3 Å². The first-order valence-corrected chi connectivity index (χ1v) is 7.81. The first-order valence-electron chi connectivity index (χ1n) is 7.02. The second-order valence-electron chi connectivity index (χ2n) is 5.09. The Hall–Kier alpha value is -2.34. The Morgan fingerprint density at radius 3 is 2.74 bits per heavy atom. The van der Waals surface area contributed by atoms with Crippen molar-refractivity contribution in [3.63, 3.8) is 0 Å². The molecule has 0 fully saturated rings. The molecule has 0 spiro atoms. The predicted octanol–water partition coefficient (Wildman–Crippen LogP) is 4.02. The number of nitrogens with one attached hydrogen (secondary N) is 1. The zero-order valence-electron chi connectivity index (χ0n) is 12.3. The monoisotopic (exact) mass is 373 g/mol. The van der Waals surface area contributed by atoms with Crippen LogP contribution in [0.4, 0.5) is 4.39 Å². The molecule has 3 aromatic rings. The summed E-state index contributed by atoms with van der Waals surface area (Å²) >= 11 is 3.46. The highest BCUT2D eigenvalue weighted by molar-refractivity contribution is 9.10. The van der Waals surface area contributed by atoms with E-state index >= 15 is 0 Å². The Balaban J connectivity index is 1.94. The topological polar surface area (TPSA) is 54.9 Å². The molecule has 2 aromatic carbocycles. The Morgan fingerprint density at radius 1 is 1.22 bits per heavy atom. The van der Waals surface area contributed by atoms with Crippen molar-refractivity contribution in [2.75, 3.05) is 0 Å². The van der Waals surface area contributed by atoms with Crippen molar-refractivity contribution < 1.29 is 9.18 Å². The Kier molecular flexibility index (Phi) is 4.34. The molecule has 0 bridgehead atoms. The van der Waals surface area contributed by atoms with Crippen LogP contribution in [0.25, 0.3) is 11.0 Å². The molecule has 0 radical (unpaired) electrons. The zero-order chi connectivity index (χ0) is 16.4. The van der Waals surface area contributed by atoms with E-state index in [1.165, 1.54) is 24.5 Å². The molecule has 0 saturated heterocycles. The van der Waals surface area contributed by atoms with Crippen LogP contribution in [0, 0.1) is 5.82 Å². The van der Waals surface area contributed by atoms with E-state index in [0.717, 1.165) is 10.0 Å². The minimum atomic E-state index is -0.517. The molecular formula is C17H13BrFN3O. The van der Waals surface area contributed by atoms with Gasteiger partial charge in [0, 0.05) is 22.9 Å². The largest absolute Gasteiger partial charge is 0.345 e. The fourth-order valence-corrected chi connectivity index (χ4v) is 3.02. The van der Waals surface area contributed by atoms with E-state index in [9.17, 15) is 9.18 Å². The molecule has 1 N–H and O–H groups in total. The highest BCUT2D eigenvalue weighted by Gasteiger charge is 2.17. The number of hydrogen-bond donors (Lipinski definition) is 1. The van der Waals surface area contributed by atoms with Gasteiger partial charge in [0.25, 0.3) is 5.91 Å². The number of halogens is 2. The summed E-state index contributed by atoms with van der Waals surface area (Å²) in [5.74, 6) is -0.907. The third kappa shape index (κ3) is 3.22. The summed E-state index contributed by atoms with van der Waals surface area (Å²) in [6.45, 7) is 1.87. The molecule has 1 unspecified atom stereocenters. The summed E-state index contributed by atoms with van der Waals surface area (Å²) in [4.78, 5) is 20.7. The van der Waals surface area contributed by atoms with Gasteiger partial charge in [0.1, 0.15) is 11.3 Å². The summed E-state index contributed by atoms with van der Waals surface area (Å²) in [5.41, 5.74) is 1.84. The van der Waals surface area contributed by atoms with Gasteiger partial charge in [0.05, 0.1) is 17.1 Å². The normalized spacial score (nSPS) is 12.1. The maximum absolute atomic E-state index is 13.7. The molecule has 6 heteroatoms. The van der Waals surface area contributed by atoms with E-state index in [2.05, 4.69) is 31.2 Å². The molecule has 116 valence electrons. The Morgan fingerprint density at radius 2 is 1.96 bits per heavy atom. The maximum Gasteiger partial charge on any atom is 0.254 e. The van der Waals surface area contributed by atoms with Crippen molar-refractivity contribution in [1.29, 1.82) is 0 Å². The summed E-state index contributed by atoms with van der Waals surface area (Å²) in [5, 5.41) is 2.87. The molecule has 4 nitrogen and oxygen atoms in total. The van der Waals surface area contributed by atoms with Gasteiger partial charge in [-0.15, -0.1) is 0 Å². The van der Waals surface area contributed by atoms with Crippen LogP contribution in [0.15, 0.2) is 53.3 Å². The second-order valence-corrected chi connectivity index (χ2v) is 5.95. The summed E-state index contributed by atoms with van der Waals surface area (Å²) in [6.07, 6.45) is 2.95. The average molecular weight is 374 g/mol. The number of amides is 1. The molecule has 1 amide bonds. The van der Waals surface area contributed by atoms with Gasteiger partial charge >= 0.3 is 0 Å². The van der Waals surface area contributed by atoms with E-state index in [-0.39, 0.29) is 11.6 Å². The summed E-state index contributed by atoms with van der Waals surface area (Å²) in [6, 6.07) is 9.81. The number of carbonyl (C=O) groups excluding carboxylic acids is 1. The minimum absolute atomic E-state index is 0.173. The number of hydrogen-bond acceptors (Lipinski definition) is 3. The maximum atomic E-state index is 13.7. The van der Waals surface area contributed by atoms with E-state index in [0.29, 0.717) is 11.0 Å². The number of nitrogens with zero attached hydrogens (tertiary/aromatic N) is 2. The predicted molar refractivity (Wildman–Crippen MR) is 89.5 cm³/mol. The number of rotatable bonds is 3. The highest BCUT2D eigenvalue weighted by Crippen LogP contribution is 2.24. The van der Waals surface area contributed by atoms with Gasteiger partial charge in [0.2, 0.25) is 0 Å². The Bertz CT molecular complexity index is 885. The van der Waals surface area contributed by atoms with Gasteiger partial charge in [-0.25, -0.2) is 4.39 Å². The molecule has 0 aliphatic rings. The smallest absolute Gasteiger partial charge is 0.254 e. The van der Waals surface area contributed by atoms with Crippen molar-refractivity contribution in [2.45, 2.75) is 13.0 Å². The number of fused-ring (bicyclic) bond motifs is 1. The van der Waals surface area contributed by atoms with E-state index < -0.39 is 11.7 Å². The SMILES string of the molecule is CC(NC(=O)c1cc(F)cc2nccnc12)c1ccccc1Br. The molecule has 1 heterocycles. The zero-order valence-corrected chi connectivity index (χ0v) is 13.8. The minimum Gasteiger partial charge on any atom is -0.345 e. The average Bonchev–Trinajstić information content (AvgIpc) is 2.54. The molecule has 23 heavy (non-hydrogen) atoms. The second kappa shape index (κ2) is 6.42. The lowest BCUT2D eigenvalue weighted by Crippen LogP contribution is -2.27. The van der Waals surface area contributed by atoms with E-state index in [1.54, 1.807) is 0 Å². The lowest BCUT2D eigenvalue weighted by atomic mass is 10.1. The van der Waals surface area contributed by atoms with Crippen molar-refractivity contribution in [3.8, 4) is 0 Å². The van der Waals surface area contributed by atoms with Gasteiger partial charge < -0.3 is 5.32 Å². The molecule has 1 atom stereocenters. The van der Waals surface area contributed by atoms with Crippen LogP contribution in [0.1, 0.15) is 28.9 Å². The van der Waals surface area contributed by atoms with Gasteiger partial charge in [-0.1, -0.05) is 34.1 Å². The van der Waals surface area contributed by atoms with Crippen LogP contribution in [-0.4, -0.2) is 15.9 Å². The third-order valence-electron chi connectivity index (χ3n) is 3.50. The van der Waals surface area contributed by atoms with Crippen LogP contribution in [0.3, 0.4) is 0 Å². The number of benzene rings is 2. The Labute approximate surface area is 140 Å². The van der Waals surface area contributed by atoms with Gasteiger partial charge in [-0.3, -0.25) is 14.8 Å². The van der Waals surface area contributed by atoms with Gasteiger partial charge in [0.15, 0.2) is 0 Å². The standard InChI is InChI=1S/C17H13BrFN3O/c1-10(12-4-2-3-5-14(12)18)22-17(23)13-8-11(19)9-15-16(13)21-7-6-20-15/h2-10H,1H3,(H,22,23).